The molecule has 1 atom stereocenters. The summed E-state index contributed by atoms with van der Waals surface area (Å²) in [6, 6.07) is 0.774. The zero-order chi connectivity index (χ0) is 13.8. The van der Waals surface area contributed by atoms with Crippen LogP contribution >= 0.6 is 0 Å². The molecule has 7 heteroatoms. The molecule has 0 bridgehead atoms. The molecule has 2 heterocycles. The zero-order valence-electron chi connectivity index (χ0n) is 10.8. The molecule has 1 saturated heterocycles. The van der Waals surface area contributed by atoms with Crippen molar-refractivity contribution in [1.82, 2.24) is 4.98 Å². The summed E-state index contributed by atoms with van der Waals surface area (Å²) in [4.78, 5) is 5.46. The van der Waals surface area contributed by atoms with Crippen LogP contribution in [0.1, 0.15) is 19.3 Å². The van der Waals surface area contributed by atoms with Crippen molar-refractivity contribution in [2.45, 2.75) is 25.4 Å². The minimum atomic E-state index is -0.814. The average molecular weight is 272 g/mol. The Bertz CT molecular complexity index is 438. The Morgan fingerprint density at radius 3 is 2.89 bits per heavy atom. The SMILES string of the molecule is CN(CC1CCCCO1)c1nc(NN)c(F)cc1F. The lowest BCUT2D eigenvalue weighted by Crippen LogP contribution is -2.34. The summed E-state index contributed by atoms with van der Waals surface area (Å²) in [5.74, 6) is 3.49. The number of likely N-dealkylation sites (N-methyl/N-ethyl adjacent to an activating group) is 1. The van der Waals surface area contributed by atoms with Gasteiger partial charge in [0.15, 0.2) is 23.3 Å². The van der Waals surface area contributed by atoms with Crippen molar-refractivity contribution in [3.63, 3.8) is 0 Å². The van der Waals surface area contributed by atoms with Crippen molar-refractivity contribution < 1.29 is 13.5 Å². The third-order valence-corrected chi connectivity index (χ3v) is 3.16. The van der Waals surface area contributed by atoms with Crippen LogP contribution in [0.3, 0.4) is 0 Å². The van der Waals surface area contributed by atoms with E-state index in [2.05, 4.69) is 10.4 Å². The molecule has 0 spiro atoms. The maximum Gasteiger partial charge on any atom is 0.178 e. The fourth-order valence-electron chi connectivity index (χ4n) is 2.17. The van der Waals surface area contributed by atoms with Crippen molar-refractivity contribution in [1.29, 1.82) is 0 Å². The van der Waals surface area contributed by atoms with Gasteiger partial charge in [0.25, 0.3) is 0 Å². The molecular weight excluding hydrogens is 254 g/mol. The van der Waals surface area contributed by atoms with Gasteiger partial charge in [0.2, 0.25) is 0 Å². The monoisotopic (exact) mass is 272 g/mol. The fraction of sp³-hybridized carbons (Fsp3) is 0.583. The third kappa shape index (κ3) is 3.30. The largest absolute Gasteiger partial charge is 0.376 e. The molecule has 1 aliphatic rings. The molecule has 1 aromatic rings. The summed E-state index contributed by atoms with van der Waals surface area (Å²) in [7, 11) is 1.70. The van der Waals surface area contributed by atoms with E-state index in [1.54, 1.807) is 11.9 Å². The highest BCUT2D eigenvalue weighted by atomic mass is 19.1. The summed E-state index contributed by atoms with van der Waals surface area (Å²) < 4.78 is 32.6. The highest BCUT2D eigenvalue weighted by molar-refractivity contribution is 5.48. The van der Waals surface area contributed by atoms with Crippen molar-refractivity contribution >= 4 is 11.6 Å². The van der Waals surface area contributed by atoms with E-state index < -0.39 is 11.6 Å². The maximum atomic E-state index is 13.7. The lowest BCUT2D eigenvalue weighted by molar-refractivity contribution is 0.0215. The van der Waals surface area contributed by atoms with Crippen LogP contribution in [0.4, 0.5) is 20.4 Å². The van der Waals surface area contributed by atoms with Crippen molar-refractivity contribution in [3.8, 4) is 0 Å². The number of nitrogens with two attached hydrogens (primary N) is 1. The van der Waals surface area contributed by atoms with Crippen LogP contribution in [0.5, 0.6) is 0 Å². The molecule has 1 aromatic heterocycles. The Hall–Kier alpha value is -1.47. The van der Waals surface area contributed by atoms with Gasteiger partial charge in [-0.15, -0.1) is 0 Å². The number of anilines is 2. The van der Waals surface area contributed by atoms with Gasteiger partial charge in [-0.05, 0) is 19.3 Å². The van der Waals surface area contributed by atoms with Crippen LogP contribution in [0.2, 0.25) is 0 Å². The molecule has 1 unspecified atom stereocenters. The Labute approximate surface area is 110 Å². The van der Waals surface area contributed by atoms with Gasteiger partial charge in [0.05, 0.1) is 6.10 Å². The molecule has 0 saturated carbocycles. The van der Waals surface area contributed by atoms with E-state index in [-0.39, 0.29) is 17.7 Å². The number of aromatic nitrogens is 1. The van der Waals surface area contributed by atoms with Gasteiger partial charge in [-0.25, -0.2) is 19.6 Å². The van der Waals surface area contributed by atoms with E-state index in [9.17, 15) is 8.78 Å². The van der Waals surface area contributed by atoms with E-state index in [0.29, 0.717) is 6.54 Å². The Balaban J connectivity index is 2.11. The summed E-state index contributed by atoms with van der Waals surface area (Å²) in [6.07, 6.45) is 3.16. The standard InChI is InChI=1S/C12H18F2N4O/c1-18(7-8-4-2-3-5-19-8)12-10(14)6-9(13)11(16-12)17-15/h6,8H,2-5,7,15H2,1H3,(H,16,17). The Kier molecular flexibility index (Phi) is 4.49. The number of rotatable bonds is 4. The van der Waals surface area contributed by atoms with Gasteiger partial charge in [-0.3, -0.25) is 0 Å². The molecule has 0 radical (unpaired) electrons. The first-order valence-electron chi connectivity index (χ1n) is 6.27. The van der Waals surface area contributed by atoms with Crippen LogP contribution in [0, 0.1) is 11.6 Å². The number of nitrogens with one attached hydrogen (secondary N) is 1. The first-order chi connectivity index (χ1) is 9.11. The van der Waals surface area contributed by atoms with Gasteiger partial charge in [0.1, 0.15) is 0 Å². The minimum absolute atomic E-state index is 0.0549. The van der Waals surface area contributed by atoms with Crippen LogP contribution in [0.15, 0.2) is 6.07 Å². The van der Waals surface area contributed by atoms with Crippen molar-refractivity contribution in [2.75, 3.05) is 30.5 Å². The smallest absolute Gasteiger partial charge is 0.178 e. The number of pyridine rings is 1. The Morgan fingerprint density at radius 1 is 1.47 bits per heavy atom. The second-order valence-corrected chi connectivity index (χ2v) is 4.64. The minimum Gasteiger partial charge on any atom is -0.376 e. The van der Waals surface area contributed by atoms with Crippen LogP contribution in [-0.4, -0.2) is 31.3 Å². The quantitative estimate of drug-likeness (QED) is 0.644. The Morgan fingerprint density at radius 2 is 2.26 bits per heavy atom. The molecule has 5 nitrogen and oxygen atoms in total. The summed E-state index contributed by atoms with van der Waals surface area (Å²) in [5.41, 5.74) is 2.11. The number of halogens is 2. The molecule has 1 aliphatic heterocycles. The first-order valence-corrected chi connectivity index (χ1v) is 6.27. The topological polar surface area (TPSA) is 63.4 Å². The van der Waals surface area contributed by atoms with E-state index in [1.807, 2.05) is 0 Å². The molecule has 3 N–H and O–H groups in total. The number of hydrogen-bond acceptors (Lipinski definition) is 5. The molecule has 0 aromatic carbocycles. The van der Waals surface area contributed by atoms with Crippen LogP contribution in [0.25, 0.3) is 0 Å². The van der Waals surface area contributed by atoms with Crippen molar-refractivity contribution in [3.05, 3.63) is 17.7 Å². The van der Waals surface area contributed by atoms with E-state index in [1.165, 1.54) is 0 Å². The highest BCUT2D eigenvalue weighted by Gasteiger charge is 2.20. The molecule has 19 heavy (non-hydrogen) atoms. The molecule has 0 amide bonds. The van der Waals surface area contributed by atoms with Crippen LogP contribution in [-0.2, 0) is 4.74 Å². The molecule has 106 valence electrons. The predicted molar refractivity (Wildman–Crippen MR) is 68.8 cm³/mol. The van der Waals surface area contributed by atoms with Gasteiger partial charge in [-0.2, -0.15) is 0 Å². The molecule has 2 rings (SSSR count). The molecule has 1 fully saturated rings. The van der Waals surface area contributed by atoms with Gasteiger partial charge in [0, 0.05) is 26.3 Å². The number of nitrogens with zero attached hydrogens (tertiary/aromatic N) is 2. The third-order valence-electron chi connectivity index (χ3n) is 3.16. The normalized spacial score (nSPS) is 19.3. The van der Waals surface area contributed by atoms with Gasteiger partial charge >= 0.3 is 0 Å². The maximum absolute atomic E-state index is 13.7. The van der Waals surface area contributed by atoms with Crippen molar-refractivity contribution in [2.24, 2.45) is 5.84 Å². The number of nitrogen functional groups attached to an aromatic ring is 1. The molecular formula is C12H18F2N4O. The summed E-state index contributed by atoms with van der Waals surface area (Å²) in [6.45, 7) is 1.24. The van der Waals surface area contributed by atoms with Gasteiger partial charge in [-0.1, -0.05) is 0 Å². The molecule has 0 aliphatic carbocycles. The fourth-order valence-corrected chi connectivity index (χ4v) is 2.17. The summed E-state index contributed by atoms with van der Waals surface area (Å²) in [5, 5.41) is 0. The summed E-state index contributed by atoms with van der Waals surface area (Å²) >= 11 is 0. The highest BCUT2D eigenvalue weighted by Crippen LogP contribution is 2.22. The number of hydrogen-bond donors (Lipinski definition) is 2. The first kappa shape index (κ1) is 14.0. The van der Waals surface area contributed by atoms with Crippen LogP contribution < -0.4 is 16.2 Å². The lowest BCUT2D eigenvalue weighted by Gasteiger charge is -2.28. The lowest BCUT2D eigenvalue weighted by atomic mass is 10.1. The zero-order valence-corrected chi connectivity index (χ0v) is 10.8. The average Bonchev–Trinajstić information content (AvgIpc) is 2.40. The second-order valence-electron chi connectivity index (χ2n) is 4.64. The predicted octanol–water partition coefficient (Wildman–Crippen LogP) is 1.65. The van der Waals surface area contributed by atoms with E-state index in [4.69, 9.17) is 10.6 Å². The number of ether oxygens (including phenoxy) is 1. The van der Waals surface area contributed by atoms with E-state index >= 15 is 0 Å². The number of hydrazine groups is 1. The van der Waals surface area contributed by atoms with E-state index in [0.717, 1.165) is 31.9 Å². The van der Waals surface area contributed by atoms with Gasteiger partial charge < -0.3 is 15.1 Å². The second kappa shape index (κ2) is 6.12.